The van der Waals surface area contributed by atoms with Crippen LogP contribution < -0.4 is 5.32 Å². The van der Waals surface area contributed by atoms with Crippen LogP contribution in [0, 0.1) is 12.8 Å². The van der Waals surface area contributed by atoms with Crippen LogP contribution in [0.5, 0.6) is 0 Å². The van der Waals surface area contributed by atoms with Gasteiger partial charge in [-0.3, -0.25) is 0 Å². The summed E-state index contributed by atoms with van der Waals surface area (Å²) in [5.74, 6) is 0.947. The molecule has 0 aromatic heterocycles. The van der Waals surface area contributed by atoms with Crippen molar-refractivity contribution in [2.45, 2.75) is 32.6 Å². The third-order valence-electron chi connectivity index (χ3n) is 4.35. The second kappa shape index (κ2) is 9.38. The summed E-state index contributed by atoms with van der Waals surface area (Å²) in [5.41, 5.74) is 2.83. The number of nitrogens with one attached hydrogen (secondary N) is 1. The Morgan fingerprint density at radius 3 is 2.40 bits per heavy atom. The average Bonchev–Trinajstić information content (AvgIpc) is 2.46. The molecule has 1 aromatic rings. The SMILES string of the molecule is CNCCC1CCN(CCc2ccc(C)cc2)CC1.Cl. The quantitative estimate of drug-likeness (QED) is 0.867. The van der Waals surface area contributed by atoms with E-state index in [9.17, 15) is 0 Å². The molecule has 0 amide bonds. The van der Waals surface area contributed by atoms with Gasteiger partial charge in [0.1, 0.15) is 0 Å². The molecule has 20 heavy (non-hydrogen) atoms. The Balaban J connectivity index is 0.00000200. The molecule has 2 rings (SSSR count). The zero-order valence-electron chi connectivity index (χ0n) is 12.9. The Morgan fingerprint density at radius 2 is 1.80 bits per heavy atom. The maximum absolute atomic E-state index is 3.26. The van der Waals surface area contributed by atoms with E-state index in [1.165, 1.54) is 63.0 Å². The highest BCUT2D eigenvalue weighted by atomic mass is 35.5. The number of hydrogen-bond acceptors (Lipinski definition) is 2. The van der Waals surface area contributed by atoms with Crippen LogP contribution in [-0.4, -0.2) is 38.1 Å². The van der Waals surface area contributed by atoms with Crippen LogP contribution in [0.25, 0.3) is 0 Å². The lowest BCUT2D eigenvalue weighted by atomic mass is 9.93. The van der Waals surface area contributed by atoms with Gasteiger partial charge < -0.3 is 10.2 Å². The molecule has 114 valence electrons. The zero-order chi connectivity index (χ0) is 13.5. The molecule has 0 radical (unpaired) electrons. The predicted octanol–water partition coefficient (Wildman–Crippen LogP) is 3.28. The summed E-state index contributed by atoms with van der Waals surface area (Å²) < 4.78 is 0. The van der Waals surface area contributed by atoms with E-state index >= 15 is 0 Å². The number of rotatable bonds is 6. The number of likely N-dealkylation sites (tertiary alicyclic amines) is 1. The summed E-state index contributed by atoms with van der Waals surface area (Å²) in [6.07, 6.45) is 5.31. The summed E-state index contributed by atoms with van der Waals surface area (Å²) in [7, 11) is 2.05. The molecule has 1 saturated heterocycles. The van der Waals surface area contributed by atoms with Crippen molar-refractivity contribution in [1.29, 1.82) is 0 Å². The Labute approximate surface area is 130 Å². The first-order valence-corrected chi connectivity index (χ1v) is 7.70. The van der Waals surface area contributed by atoms with Gasteiger partial charge in [-0.2, -0.15) is 0 Å². The normalized spacial score (nSPS) is 16.9. The van der Waals surface area contributed by atoms with Gasteiger partial charge in [0.2, 0.25) is 0 Å². The third kappa shape index (κ3) is 5.82. The minimum atomic E-state index is 0. The van der Waals surface area contributed by atoms with Gasteiger partial charge >= 0.3 is 0 Å². The van der Waals surface area contributed by atoms with E-state index in [0.29, 0.717) is 0 Å². The van der Waals surface area contributed by atoms with Gasteiger partial charge in [0, 0.05) is 6.54 Å². The highest BCUT2D eigenvalue weighted by molar-refractivity contribution is 5.85. The standard InChI is InChI=1S/C17H28N2.ClH/c1-15-3-5-16(6-4-15)8-12-19-13-9-17(10-14-19)7-11-18-2;/h3-6,17-18H,7-14H2,1-2H3;1H. The molecular weight excluding hydrogens is 268 g/mol. The molecule has 0 aliphatic carbocycles. The van der Waals surface area contributed by atoms with Crippen LogP contribution in [0.4, 0.5) is 0 Å². The van der Waals surface area contributed by atoms with Crippen LogP contribution in [-0.2, 0) is 6.42 Å². The molecule has 0 unspecified atom stereocenters. The van der Waals surface area contributed by atoms with Gasteiger partial charge in [-0.05, 0) is 70.8 Å². The summed E-state index contributed by atoms with van der Waals surface area (Å²) in [6, 6.07) is 8.99. The molecule has 1 aliphatic heterocycles. The van der Waals surface area contributed by atoms with E-state index in [1.54, 1.807) is 0 Å². The summed E-state index contributed by atoms with van der Waals surface area (Å²) in [6.45, 7) is 7.13. The van der Waals surface area contributed by atoms with E-state index in [-0.39, 0.29) is 12.4 Å². The Hall–Kier alpha value is -0.570. The van der Waals surface area contributed by atoms with Gasteiger partial charge in [0.25, 0.3) is 0 Å². The molecule has 0 spiro atoms. The highest BCUT2D eigenvalue weighted by Crippen LogP contribution is 2.20. The maximum atomic E-state index is 3.26. The summed E-state index contributed by atoms with van der Waals surface area (Å²) >= 11 is 0. The second-order valence-corrected chi connectivity index (χ2v) is 5.91. The fraction of sp³-hybridized carbons (Fsp3) is 0.647. The van der Waals surface area contributed by atoms with Gasteiger partial charge in [-0.1, -0.05) is 29.8 Å². The number of hydrogen-bond donors (Lipinski definition) is 1. The van der Waals surface area contributed by atoms with Gasteiger partial charge in [-0.15, -0.1) is 12.4 Å². The first kappa shape index (κ1) is 17.5. The molecule has 3 heteroatoms. The molecular formula is C17H29ClN2. The van der Waals surface area contributed by atoms with Crippen LogP contribution >= 0.6 is 12.4 Å². The van der Waals surface area contributed by atoms with Crippen molar-refractivity contribution < 1.29 is 0 Å². The number of halogens is 1. The Bertz CT molecular complexity index is 356. The molecule has 1 aliphatic rings. The molecule has 0 atom stereocenters. The van der Waals surface area contributed by atoms with E-state index in [2.05, 4.69) is 48.5 Å². The average molecular weight is 297 g/mol. The first-order chi connectivity index (χ1) is 9.28. The van der Waals surface area contributed by atoms with Crippen LogP contribution in [0.15, 0.2) is 24.3 Å². The minimum Gasteiger partial charge on any atom is -0.320 e. The number of nitrogens with zero attached hydrogens (tertiary/aromatic N) is 1. The molecule has 1 aromatic carbocycles. The molecule has 0 saturated carbocycles. The topological polar surface area (TPSA) is 15.3 Å². The van der Waals surface area contributed by atoms with Crippen LogP contribution in [0.1, 0.15) is 30.4 Å². The highest BCUT2D eigenvalue weighted by Gasteiger charge is 2.18. The first-order valence-electron chi connectivity index (χ1n) is 7.70. The van der Waals surface area contributed by atoms with Crippen molar-refractivity contribution in [2.75, 3.05) is 33.2 Å². The van der Waals surface area contributed by atoms with Crippen molar-refractivity contribution in [1.82, 2.24) is 10.2 Å². The molecule has 1 N–H and O–H groups in total. The fourth-order valence-electron chi connectivity index (χ4n) is 2.89. The van der Waals surface area contributed by atoms with Gasteiger partial charge in [0.05, 0.1) is 0 Å². The molecule has 1 heterocycles. The number of aryl methyl sites for hydroxylation is 1. The van der Waals surface area contributed by atoms with Crippen molar-refractivity contribution in [2.24, 2.45) is 5.92 Å². The number of piperidine rings is 1. The summed E-state index contributed by atoms with van der Waals surface area (Å²) in [5, 5.41) is 3.26. The monoisotopic (exact) mass is 296 g/mol. The Kier molecular flexibility index (Phi) is 8.20. The van der Waals surface area contributed by atoms with Crippen molar-refractivity contribution in [3.05, 3.63) is 35.4 Å². The third-order valence-corrected chi connectivity index (χ3v) is 4.35. The van der Waals surface area contributed by atoms with Crippen molar-refractivity contribution in [3.8, 4) is 0 Å². The van der Waals surface area contributed by atoms with E-state index in [4.69, 9.17) is 0 Å². The van der Waals surface area contributed by atoms with Crippen molar-refractivity contribution >= 4 is 12.4 Å². The Morgan fingerprint density at radius 1 is 1.15 bits per heavy atom. The zero-order valence-corrected chi connectivity index (χ0v) is 13.7. The summed E-state index contributed by atoms with van der Waals surface area (Å²) in [4.78, 5) is 2.63. The fourth-order valence-corrected chi connectivity index (χ4v) is 2.89. The lowest BCUT2D eigenvalue weighted by Gasteiger charge is -2.32. The maximum Gasteiger partial charge on any atom is 0.00218 e. The second-order valence-electron chi connectivity index (χ2n) is 5.91. The predicted molar refractivity (Wildman–Crippen MR) is 89.8 cm³/mol. The molecule has 0 bridgehead atoms. The van der Waals surface area contributed by atoms with E-state index < -0.39 is 0 Å². The molecule has 1 fully saturated rings. The minimum absolute atomic E-state index is 0. The van der Waals surface area contributed by atoms with Crippen LogP contribution in [0.2, 0.25) is 0 Å². The molecule has 2 nitrogen and oxygen atoms in total. The smallest absolute Gasteiger partial charge is 0.00218 e. The lowest BCUT2D eigenvalue weighted by Crippen LogP contribution is -2.35. The van der Waals surface area contributed by atoms with E-state index in [0.717, 1.165) is 5.92 Å². The van der Waals surface area contributed by atoms with Crippen molar-refractivity contribution in [3.63, 3.8) is 0 Å². The van der Waals surface area contributed by atoms with Gasteiger partial charge in [0.15, 0.2) is 0 Å². The van der Waals surface area contributed by atoms with Gasteiger partial charge in [-0.25, -0.2) is 0 Å². The number of benzene rings is 1. The lowest BCUT2D eigenvalue weighted by molar-refractivity contribution is 0.181. The van der Waals surface area contributed by atoms with E-state index in [1.807, 2.05) is 0 Å². The largest absolute Gasteiger partial charge is 0.320 e. The van der Waals surface area contributed by atoms with Crippen LogP contribution in [0.3, 0.4) is 0 Å².